The number of methoxy groups -OCH3 is 2. The number of ether oxygens (including phenoxy) is 4. The van der Waals surface area contributed by atoms with Gasteiger partial charge in [0.05, 0.1) is 14.2 Å². The van der Waals surface area contributed by atoms with Gasteiger partial charge in [0.2, 0.25) is 11.8 Å². The fraction of sp³-hybridized carbons (Fsp3) is 0.250. The number of benzene rings is 3. The van der Waals surface area contributed by atoms with Gasteiger partial charge in [0, 0.05) is 61.6 Å². The van der Waals surface area contributed by atoms with E-state index in [4.69, 9.17) is 18.9 Å². The molecule has 8 nitrogen and oxygen atoms in total. The van der Waals surface area contributed by atoms with Crippen molar-refractivity contribution in [2.45, 2.75) is 26.7 Å². The Kier molecular flexibility index (Phi) is 10.4. The number of rotatable bonds is 14. The normalized spacial score (nSPS) is 10.6. The van der Waals surface area contributed by atoms with Gasteiger partial charge < -0.3 is 29.6 Å². The lowest BCUT2D eigenvalue weighted by molar-refractivity contribution is -0.118. The van der Waals surface area contributed by atoms with Crippen molar-refractivity contribution >= 4 is 5.91 Å². The predicted octanol–water partition coefficient (Wildman–Crippen LogP) is 5.15. The van der Waals surface area contributed by atoms with Gasteiger partial charge >= 0.3 is 0 Å². The van der Waals surface area contributed by atoms with E-state index in [2.05, 4.69) is 27.8 Å². The highest BCUT2D eigenvalue weighted by molar-refractivity contribution is 5.73. The van der Waals surface area contributed by atoms with Crippen molar-refractivity contribution in [2.75, 3.05) is 27.3 Å². The van der Waals surface area contributed by atoms with E-state index in [0.717, 1.165) is 33.6 Å². The second kappa shape index (κ2) is 14.6. The molecule has 1 aromatic heterocycles. The first-order valence-corrected chi connectivity index (χ1v) is 13.1. The van der Waals surface area contributed by atoms with Crippen LogP contribution in [0, 0.1) is 0 Å². The molecule has 0 bridgehead atoms. The molecule has 0 aliphatic carbocycles. The van der Waals surface area contributed by atoms with Crippen LogP contribution in [0.1, 0.15) is 23.6 Å². The van der Waals surface area contributed by atoms with E-state index >= 15 is 0 Å². The van der Waals surface area contributed by atoms with Gasteiger partial charge in [-0.25, -0.2) is 4.98 Å². The molecule has 4 aromatic rings. The van der Waals surface area contributed by atoms with Gasteiger partial charge in [-0.2, -0.15) is 0 Å². The Morgan fingerprint density at radius 2 is 1.68 bits per heavy atom. The maximum Gasteiger partial charge on any atom is 0.216 e. The summed E-state index contributed by atoms with van der Waals surface area (Å²) in [5, 5.41) is 6.13. The summed E-state index contributed by atoms with van der Waals surface area (Å²) in [6.45, 7) is 3.94. The summed E-state index contributed by atoms with van der Waals surface area (Å²) in [5.41, 5.74) is 4.95. The Morgan fingerprint density at radius 1 is 0.825 bits per heavy atom. The zero-order chi connectivity index (χ0) is 28.2. The number of para-hydroxylation sites is 1. The number of nitrogens with zero attached hydrogens (tertiary/aromatic N) is 1. The molecule has 0 unspecified atom stereocenters. The van der Waals surface area contributed by atoms with Gasteiger partial charge in [-0.1, -0.05) is 54.6 Å². The van der Waals surface area contributed by atoms with Crippen molar-refractivity contribution in [1.29, 1.82) is 0 Å². The van der Waals surface area contributed by atoms with E-state index in [-0.39, 0.29) is 5.91 Å². The average Bonchev–Trinajstić information content (AvgIpc) is 2.99. The highest BCUT2D eigenvalue weighted by atomic mass is 16.5. The molecule has 0 fully saturated rings. The van der Waals surface area contributed by atoms with Crippen LogP contribution < -0.4 is 29.6 Å². The van der Waals surface area contributed by atoms with Crippen LogP contribution in [0.4, 0.5) is 0 Å². The Labute approximate surface area is 235 Å². The zero-order valence-corrected chi connectivity index (χ0v) is 23.1. The third kappa shape index (κ3) is 7.97. The van der Waals surface area contributed by atoms with Gasteiger partial charge in [0.15, 0.2) is 0 Å². The number of amides is 1. The van der Waals surface area contributed by atoms with Crippen molar-refractivity contribution in [3.8, 4) is 34.3 Å². The summed E-state index contributed by atoms with van der Waals surface area (Å²) in [7, 11) is 3.27. The third-order valence-electron chi connectivity index (χ3n) is 6.21. The Bertz CT molecular complexity index is 1390. The van der Waals surface area contributed by atoms with Gasteiger partial charge in [0.25, 0.3) is 0 Å². The minimum Gasteiger partial charge on any atom is -0.496 e. The van der Waals surface area contributed by atoms with Gasteiger partial charge in [-0.05, 0) is 23.3 Å². The van der Waals surface area contributed by atoms with E-state index < -0.39 is 0 Å². The van der Waals surface area contributed by atoms with Crippen molar-refractivity contribution in [3.63, 3.8) is 0 Å². The number of hydrogen-bond acceptors (Lipinski definition) is 7. The number of nitrogens with one attached hydrogen (secondary N) is 2. The van der Waals surface area contributed by atoms with Crippen LogP contribution in [-0.4, -0.2) is 38.2 Å². The smallest absolute Gasteiger partial charge is 0.216 e. The van der Waals surface area contributed by atoms with E-state index in [1.54, 1.807) is 20.4 Å². The van der Waals surface area contributed by atoms with Crippen molar-refractivity contribution in [3.05, 3.63) is 102 Å². The molecular weight excluding hydrogens is 506 g/mol. The number of hydrogen-bond donors (Lipinski definition) is 2. The molecule has 4 rings (SSSR count). The topological polar surface area (TPSA) is 90.9 Å². The number of carbonyl (C=O) groups is 1. The second-order valence-electron chi connectivity index (χ2n) is 9.08. The van der Waals surface area contributed by atoms with Crippen LogP contribution in [0.2, 0.25) is 0 Å². The van der Waals surface area contributed by atoms with Crippen molar-refractivity contribution in [2.24, 2.45) is 0 Å². The molecular formula is C32H35N3O5. The van der Waals surface area contributed by atoms with Gasteiger partial charge in [-0.3, -0.25) is 4.79 Å². The van der Waals surface area contributed by atoms with Gasteiger partial charge in [0.1, 0.15) is 30.5 Å². The third-order valence-corrected chi connectivity index (χ3v) is 6.21. The fourth-order valence-corrected chi connectivity index (χ4v) is 4.21. The number of pyridine rings is 1. The number of aromatic nitrogens is 1. The predicted molar refractivity (Wildman–Crippen MR) is 155 cm³/mol. The van der Waals surface area contributed by atoms with E-state index in [9.17, 15) is 4.79 Å². The molecule has 0 aliphatic heterocycles. The van der Waals surface area contributed by atoms with E-state index in [1.165, 1.54) is 6.92 Å². The lowest BCUT2D eigenvalue weighted by atomic mass is 10.0. The molecule has 1 heterocycles. The molecule has 208 valence electrons. The summed E-state index contributed by atoms with van der Waals surface area (Å²) in [6.07, 6.45) is 1.69. The first kappa shape index (κ1) is 28.4. The van der Waals surface area contributed by atoms with Crippen molar-refractivity contribution in [1.82, 2.24) is 15.6 Å². The maximum atomic E-state index is 11.1. The minimum atomic E-state index is -0.0500. The molecule has 3 aromatic carbocycles. The Hall–Kier alpha value is -4.56. The molecule has 0 radical (unpaired) electrons. The standard InChI is InChI=1S/C32H35N3O5/c1-23(36)34-17-16-33-20-26-12-13-28(19-30(26)40-21-24-14-15-35-31(18-24)37-2)39-22-27-10-7-11-29(32(27)38-3)25-8-5-4-6-9-25/h4-15,18-19,33H,16-17,20-22H2,1-3H3,(H,34,36). The van der Waals surface area contributed by atoms with Crippen LogP contribution in [0.5, 0.6) is 23.1 Å². The first-order valence-electron chi connectivity index (χ1n) is 13.1. The lowest BCUT2D eigenvalue weighted by Crippen LogP contribution is -2.30. The summed E-state index contributed by atoms with van der Waals surface area (Å²) in [5.74, 6) is 2.65. The first-order chi connectivity index (χ1) is 19.6. The van der Waals surface area contributed by atoms with E-state index in [0.29, 0.717) is 50.2 Å². The van der Waals surface area contributed by atoms with E-state index in [1.807, 2.05) is 66.7 Å². The molecule has 1 amide bonds. The molecule has 2 N–H and O–H groups in total. The molecule has 40 heavy (non-hydrogen) atoms. The van der Waals surface area contributed by atoms with Crippen LogP contribution >= 0.6 is 0 Å². The van der Waals surface area contributed by atoms with Crippen LogP contribution in [0.15, 0.2) is 85.1 Å². The molecule has 8 heteroatoms. The van der Waals surface area contributed by atoms with Crippen molar-refractivity contribution < 1.29 is 23.7 Å². The highest BCUT2D eigenvalue weighted by Gasteiger charge is 2.13. The highest BCUT2D eigenvalue weighted by Crippen LogP contribution is 2.34. The summed E-state index contributed by atoms with van der Waals surface area (Å²) < 4.78 is 23.5. The largest absolute Gasteiger partial charge is 0.496 e. The molecule has 0 spiro atoms. The lowest BCUT2D eigenvalue weighted by Gasteiger charge is -2.17. The summed E-state index contributed by atoms with van der Waals surface area (Å²) in [6, 6.07) is 25.8. The zero-order valence-electron chi connectivity index (χ0n) is 23.1. The van der Waals surface area contributed by atoms with Crippen LogP contribution in [0.25, 0.3) is 11.1 Å². The summed E-state index contributed by atoms with van der Waals surface area (Å²) in [4.78, 5) is 15.3. The van der Waals surface area contributed by atoms with Crippen LogP contribution in [-0.2, 0) is 24.6 Å². The number of carbonyl (C=O) groups excluding carboxylic acids is 1. The quantitative estimate of drug-likeness (QED) is 0.213. The maximum absolute atomic E-state index is 11.1. The second-order valence-corrected chi connectivity index (χ2v) is 9.08. The molecule has 0 aliphatic rings. The van der Waals surface area contributed by atoms with Gasteiger partial charge in [-0.15, -0.1) is 0 Å². The molecule has 0 saturated heterocycles. The fourth-order valence-electron chi connectivity index (χ4n) is 4.21. The summed E-state index contributed by atoms with van der Waals surface area (Å²) >= 11 is 0. The SMILES string of the molecule is COc1cc(COc2cc(OCc3cccc(-c4ccccc4)c3OC)ccc2CNCCNC(C)=O)ccn1. The monoisotopic (exact) mass is 541 g/mol. The molecule has 0 atom stereocenters. The molecule has 0 saturated carbocycles. The van der Waals surface area contributed by atoms with Crippen LogP contribution in [0.3, 0.4) is 0 Å². The average molecular weight is 542 g/mol. The Morgan fingerprint density at radius 3 is 2.45 bits per heavy atom. The Balaban J connectivity index is 1.49. The minimum absolute atomic E-state index is 0.0500.